The average Bonchev–Trinajstić information content (AvgIpc) is 3.24. The lowest BCUT2D eigenvalue weighted by Gasteiger charge is -2.04. The highest BCUT2D eigenvalue weighted by molar-refractivity contribution is 6.30. The van der Waals surface area contributed by atoms with Gasteiger partial charge >= 0.3 is 0 Å². The molecule has 1 aromatic heterocycles. The molecule has 0 bridgehead atoms. The maximum atomic E-state index is 12.1. The molecule has 4 N–H and O–H groups in total. The molecule has 0 spiro atoms. The van der Waals surface area contributed by atoms with E-state index in [-0.39, 0.29) is 5.91 Å². The van der Waals surface area contributed by atoms with E-state index in [1.165, 1.54) is 0 Å². The summed E-state index contributed by atoms with van der Waals surface area (Å²) in [7, 11) is 0. The van der Waals surface area contributed by atoms with Gasteiger partial charge in [0.2, 0.25) is 0 Å². The van der Waals surface area contributed by atoms with Gasteiger partial charge in [-0.2, -0.15) is 5.10 Å². The highest BCUT2D eigenvalue weighted by Crippen LogP contribution is 2.42. The number of carbonyl (C=O) groups is 1. The molecule has 1 saturated carbocycles. The van der Waals surface area contributed by atoms with E-state index < -0.39 is 0 Å². The Bertz CT molecular complexity index is 646. The lowest BCUT2D eigenvalue weighted by molar-refractivity contribution is 0.0950. The predicted molar refractivity (Wildman–Crippen MR) is 82.5 cm³/mol. The van der Waals surface area contributed by atoms with Crippen LogP contribution in [0.5, 0.6) is 0 Å². The normalized spacial score (nSPS) is 14.1. The second-order valence-corrected chi connectivity index (χ2v) is 5.74. The number of aromatic amines is 1. The highest BCUT2D eigenvalue weighted by Gasteiger charge is 2.30. The maximum Gasteiger partial charge on any atom is 0.273 e. The molecular formula is C15H17ClN4O. The molecule has 110 valence electrons. The monoisotopic (exact) mass is 304 g/mol. The van der Waals surface area contributed by atoms with Crippen molar-refractivity contribution in [3.8, 4) is 0 Å². The van der Waals surface area contributed by atoms with Gasteiger partial charge in [-0.05, 0) is 37.0 Å². The van der Waals surface area contributed by atoms with Gasteiger partial charge in [0.1, 0.15) is 0 Å². The quantitative estimate of drug-likeness (QED) is 0.793. The van der Waals surface area contributed by atoms with E-state index in [9.17, 15) is 4.79 Å². The van der Waals surface area contributed by atoms with Crippen LogP contribution >= 0.6 is 11.6 Å². The minimum absolute atomic E-state index is 0.232. The third-order valence-corrected chi connectivity index (χ3v) is 3.90. The Morgan fingerprint density at radius 2 is 2.10 bits per heavy atom. The summed E-state index contributed by atoms with van der Waals surface area (Å²) in [5.74, 6) is 0.220. The van der Waals surface area contributed by atoms with Crippen LogP contribution in [0.3, 0.4) is 0 Å². The molecule has 6 heteroatoms. The first-order valence-corrected chi connectivity index (χ1v) is 7.39. The number of benzene rings is 1. The fraction of sp³-hybridized carbons (Fsp3) is 0.333. The van der Waals surface area contributed by atoms with Crippen LogP contribution in [0, 0.1) is 0 Å². The maximum absolute atomic E-state index is 12.1. The molecule has 1 heterocycles. The molecule has 0 unspecified atom stereocenters. The molecule has 0 atom stereocenters. The van der Waals surface area contributed by atoms with Crippen molar-refractivity contribution >= 4 is 23.2 Å². The number of halogens is 1. The second kappa shape index (κ2) is 5.77. The predicted octanol–water partition coefficient (Wildman–Crippen LogP) is 2.50. The lowest BCUT2D eigenvalue weighted by Crippen LogP contribution is -2.26. The van der Waals surface area contributed by atoms with E-state index in [1.807, 2.05) is 24.3 Å². The number of anilines is 1. The third kappa shape index (κ3) is 3.19. The number of nitrogens with one attached hydrogen (secondary N) is 2. The fourth-order valence-electron chi connectivity index (χ4n) is 2.28. The van der Waals surface area contributed by atoms with Gasteiger partial charge in [0.25, 0.3) is 5.91 Å². The molecular weight excluding hydrogens is 288 g/mol. The second-order valence-electron chi connectivity index (χ2n) is 5.31. The van der Waals surface area contributed by atoms with E-state index in [0.717, 1.165) is 30.5 Å². The number of carbonyl (C=O) groups excluding carboxylic acids is 1. The van der Waals surface area contributed by atoms with Crippen molar-refractivity contribution in [3.63, 3.8) is 0 Å². The Balaban J connectivity index is 1.55. The summed E-state index contributed by atoms with van der Waals surface area (Å²) < 4.78 is 0. The van der Waals surface area contributed by atoms with Crippen LogP contribution < -0.4 is 11.1 Å². The zero-order chi connectivity index (χ0) is 14.8. The summed E-state index contributed by atoms with van der Waals surface area (Å²) in [5.41, 5.74) is 8.78. The number of nitrogen functional groups attached to an aromatic ring is 1. The Labute approximate surface area is 127 Å². The van der Waals surface area contributed by atoms with Gasteiger partial charge in [0, 0.05) is 17.5 Å². The van der Waals surface area contributed by atoms with Crippen LogP contribution in [0.4, 0.5) is 5.69 Å². The lowest BCUT2D eigenvalue weighted by atomic mass is 10.1. The molecule has 2 aromatic rings. The van der Waals surface area contributed by atoms with Crippen molar-refractivity contribution in [2.24, 2.45) is 0 Å². The van der Waals surface area contributed by atoms with Gasteiger partial charge in [-0.1, -0.05) is 23.7 Å². The summed E-state index contributed by atoms with van der Waals surface area (Å²) in [5, 5.41) is 10.5. The van der Waals surface area contributed by atoms with E-state index in [1.54, 1.807) is 0 Å². The van der Waals surface area contributed by atoms with Crippen molar-refractivity contribution in [2.45, 2.75) is 25.2 Å². The Morgan fingerprint density at radius 1 is 1.38 bits per heavy atom. The topological polar surface area (TPSA) is 83.8 Å². The number of hydrogen-bond donors (Lipinski definition) is 3. The number of nitrogens with two attached hydrogens (primary N) is 1. The van der Waals surface area contributed by atoms with Gasteiger partial charge in [-0.3, -0.25) is 9.89 Å². The van der Waals surface area contributed by atoms with Crippen LogP contribution in [0.1, 0.15) is 40.5 Å². The van der Waals surface area contributed by atoms with Gasteiger partial charge in [-0.15, -0.1) is 0 Å². The largest absolute Gasteiger partial charge is 0.395 e. The molecule has 1 amide bonds. The summed E-state index contributed by atoms with van der Waals surface area (Å²) in [4.78, 5) is 12.1. The first-order valence-electron chi connectivity index (χ1n) is 7.01. The van der Waals surface area contributed by atoms with Crippen LogP contribution in [0.25, 0.3) is 0 Å². The zero-order valence-corrected chi connectivity index (χ0v) is 12.3. The van der Waals surface area contributed by atoms with E-state index in [0.29, 0.717) is 28.9 Å². The van der Waals surface area contributed by atoms with Gasteiger partial charge in [-0.25, -0.2) is 0 Å². The number of hydrogen-bond acceptors (Lipinski definition) is 3. The van der Waals surface area contributed by atoms with Crippen LogP contribution in [0.2, 0.25) is 5.02 Å². The van der Waals surface area contributed by atoms with Crippen molar-refractivity contribution in [3.05, 3.63) is 46.2 Å². The average molecular weight is 305 g/mol. The Hall–Kier alpha value is -2.01. The van der Waals surface area contributed by atoms with Gasteiger partial charge in [0.05, 0.1) is 11.4 Å². The van der Waals surface area contributed by atoms with Gasteiger partial charge < -0.3 is 11.1 Å². The number of H-pyrrole nitrogens is 1. The van der Waals surface area contributed by atoms with Crippen molar-refractivity contribution in [1.29, 1.82) is 0 Å². The zero-order valence-electron chi connectivity index (χ0n) is 11.5. The van der Waals surface area contributed by atoms with Crippen molar-refractivity contribution in [2.75, 3.05) is 12.3 Å². The molecule has 21 heavy (non-hydrogen) atoms. The molecule has 0 radical (unpaired) electrons. The summed E-state index contributed by atoms with van der Waals surface area (Å²) in [6, 6.07) is 7.57. The smallest absolute Gasteiger partial charge is 0.273 e. The SMILES string of the molecule is Nc1c(C(=O)NCCc2ccc(Cl)cc2)n[nH]c1C1CC1. The van der Waals surface area contributed by atoms with Crippen molar-refractivity contribution < 1.29 is 4.79 Å². The number of rotatable bonds is 5. The first kappa shape index (κ1) is 13.9. The van der Waals surface area contributed by atoms with Crippen molar-refractivity contribution in [1.82, 2.24) is 15.5 Å². The van der Waals surface area contributed by atoms with E-state index >= 15 is 0 Å². The standard InChI is InChI=1S/C15H17ClN4O/c16-11-5-1-9(2-6-11)7-8-18-15(21)14-12(17)13(19-20-14)10-3-4-10/h1-2,5-6,10H,3-4,7-8,17H2,(H,18,21)(H,19,20). The molecule has 0 aliphatic heterocycles. The summed E-state index contributed by atoms with van der Waals surface area (Å²) >= 11 is 5.83. The van der Waals surface area contributed by atoms with Crippen LogP contribution in [0.15, 0.2) is 24.3 Å². The fourth-order valence-corrected chi connectivity index (χ4v) is 2.40. The molecule has 1 aromatic carbocycles. The molecule has 1 aliphatic rings. The molecule has 1 aliphatic carbocycles. The minimum atomic E-state index is -0.232. The third-order valence-electron chi connectivity index (χ3n) is 3.65. The van der Waals surface area contributed by atoms with E-state index in [2.05, 4.69) is 15.5 Å². The number of nitrogens with zero attached hydrogens (tertiary/aromatic N) is 1. The first-order chi connectivity index (χ1) is 10.1. The van der Waals surface area contributed by atoms with E-state index in [4.69, 9.17) is 17.3 Å². The Kier molecular flexibility index (Phi) is 3.84. The van der Waals surface area contributed by atoms with Crippen LogP contribution in [-0.2, 0) is 6.42 Å². The minimum Gasteiger partial charge on any atom is -0.395 e. The molecule has 5 nitrogen and oxygen atoms in total. The Morgan fingerprint density at radius 3 is 2.76 bits per heavy atom. The highest BCUT2D eigenvalue weighted by atomic mass is 35.5. The molecule has 0 saturated heterocycles. The number of aromatic nitrogens is 2. The molecule has 3 rings (SSSR count). The number of amides is 1. The molecule has 1 fully saturated rings. The van der Waals surface area contributed by atoms with Gasteiger partial charge in [0.15, 0.2) is 5.69 Å². The summed E-state index contributed by atoms with van der Waals surface area (Å²) in [6.45, 7) is 0.533. The van der Waals surface area contributed by atoms with Crippen LogP contribution in [-0.4, -0.2) is 22.6 Å². The summed E-state index contributed by atoms with van der Waals surface area (Å²) in [6.07, 6.45) is 2.97.